The lowest BCUT2D eigenvalue weighted by Crippen LogP contribution is -2.36. The van der Waals surface area contributed by atoms with Crippen molar-refractivity contribution in [2.24, 2.45) is 0 Å². The van der Waals surface area contributed by atoms with E-state index < -0.39 is 10.0 Å². The number of fused-ring (bicyclic) bond motifs is 1. The van der Waals surface area contributed by atoms with E-state index in [1.54, 1.807) is 18.5 Å². The quantitative estimate of drug-likeness (QED) is 0.713. The first kappa shape index (κ1) is 18.5. The van der Waals surface area contributed by atoms with Crippen molar-refractivity contribution in [3.05, 3.63) is 60.4 Å². The largest absolute Gasteiger partial charge is 0.351 e. The summed E-state index contributed by atoms with van der Waals surface area (Å²) in [6.07, 6.45) is 4.01. The maximum atomic E-state index is 12.9. The van der Waals surface area contributed by atoms with Gasteiger partial charge in [-0.05, 0) is 30.7 Å². The van der Waals surface area contributed by atoms with Gasteiger partial charge in [-0.3, -0.25) is 9.78 Å². The first-order valence-electron chi connectivity index (χ1n) is 9.11. The number of nitrogens with zero attached hydrogens (tertiary/aromatic N) is 3. The van der Waals surface area contributed by atoms with E-state index in [2.05, 4.69) is 15.3 Å². The SMILES string of the molecule is O=C(NCCN1CCCS1(=O)=O)c1cc(-c2ccncc2)nc2ccccc12. The molecule has 0 bridgehead atoms. The lowest BCUT2D eigenvalue weighted by molar-refractivity contribution is 0.0953. The predicted octanol–water partition coefficient (Wildman–Crippen LogP) is 2.06. The van der Waals surface area contributed by atoms with Crippen LogP contribution in [0.3, 0.4) is 0 Å². The summed E-state index contributed by atoms with van der Waals surface area (Å²) >= 11 is 0. The number of rotatable bonds is 5. The second kappa shape index (κ2) is 7.65. The molecule has 3 heterocycles. The number of carbonyl (C=O) groups excluding carboxylic acids is 1. The topological polar surface area (TPSA) is 92.3 Å². The molecule has 0 radical (unpaired) electrons. The smallest absolute Gasteiger partial charge is 0.252 e. The van der Waals surface area contributed by atoms with Crippen LogP contribution in [0.5, 0.6) is 0 Å². The van der Waals surface area contributed by atoms with E-state index >= 15 is 0 Å². The summed E-state index contributed by atoms with van der Waals surface area (Å²) in [4.78, 5) is 21.5. The number of hydrogen-bond acceptors (Lipinski definition) is 5. The fourth-order valence-corrected chi connectivity index (χ4v) is 4.89. The van der Waals surface area contributed by atoms with Crippen LogP contribution in [0.2, 0.25) is 0 Å². The highest BCUT2D eigenvalue weighted by atomic mass is 32.2. The highest BCUT2D eigenvalue weighted by molar-refractivity contribution is 7.89. The Morgan fingerprint density at radius 1 is 1.14 bits per heavy atom. The minimum Gasteiger partial charge on any atom is -0.351 e. The summed E-state index contributed by atoms with van der Waals surface area (Å²) in [5, 5.41) is 3.61. The Morgan fingerprint density at radius 2 is 1.93 bits per heavy atom. The molecule has 28 heavy (non-hydrogen) atoms. The zero-order valence-electron chi connectivity index (χ0n) is 15.2. The maximum absolute atomic E-state index is 12.9. The highest BCUT2D eigenvalue weighted by Gasteiger charge is 2.27. The Bertz CT molecular complexity index is 1120. The first-order chi connectivity index (χ1) is 13.5. The van der Waals surface area contributed by atoms with E-state index in [0.29, 0.717) is 24.2 Å². The summed E-state index contributed by atoms with van der Waals surface area (Å²) in [6, 6.07) is 12.9. The van der Waals surface area contributed by atoms with Crippen molar-refractivity contribution >= 4 is 26.8 Å². The lowest BCUT2D eigenvalue weighted by atomic mass is 10.0. The van der Waals surface area contributed by atoms with Gasteiger partial charge in [0.2, 0.25) is 10.0 Å². The van der Waals surface area contributed by atoms with Gasteiger partial charge in [0.15, 0.2) is 0 Å². The summed E-state index contributed by atoms with van der Waals surface area (Å²) in [7, 11) is -3.16. The fourth-order valence-electron chi connectivity index (χ4n) is 3.37. The predicted molar refractivity (Wildman–Crippen MR) is 107 cm³/mol. The van der Waals surface area contributed by atoms with E-state index in [1.165, 1.54) is 4.31 Å². The average Bonchev–Trinajstić information content (AvgIpc) is 3.05. The molecular weight excluding hydrogens is 376 g/mol. The molecule has 0 unspecified atom stereocenters. The van der Waals surface area contributed by atoms with Crippen molar-refractivity contribution in [1.82, 2.24) is 19.6 Å². The number of hydrogen-bond donors (Lipinski definition) is 1. The fraction of sp³-hybridized carbons (Fsp3) is 0.250. The number of para-hydroxylation sites is 1. The van der Waals surface area contributed by atoms with Crippen LogP contribution in [0.25, 0.3) is 22.2 Å². The molecule has 3 aromatic rings. The van der Waals surface area contributed by atoms with Gasteiger partial charge in [-0.1, -0.05) is 18.2 Å². The monoisotopic (exact) mass is 396 g/mol. The lowest BCUT2D eigenvalue weighted by Gasteiger charge is -2.15. The van der Waals surface area contributed by atoms with Crippen molar-refractivity contribution in [3.63, 3.8) is 0 Å². The van der Waals surface area contributed by atoms with Crippen LogP contribution >= 0.6 is 0 Å². The molecule has 0 atom stereocenters. The minimum absolute atomic E-state index is 0.186. The third-order valence-electron chi connectivity index (χ3n) is 4.79. The summed E-state index contributed by atoms with van der Waals surface area (Å²) in [5.74, 6) is -0.0592. The Labute approximate surface area is 163 Å². The number of benzene rings is 1. The second-order valence-electron chi connectivity index (χ2n) is 6.63. The Kier molecular flexibility index (Phi) is 5.06. The molecule has 0 saturated carbocycles. The van der Waals surface area contributed by atoms with Crippen molar-refractivity contribution in [2.45, 2.75) is 6.42 Å². The molecule has 1 aliphatic heterocycles. The van der Waals surface area contributed by atoms with Crippen LogP contribution in [-0.2, 0) is 10.0 Å². The van der Waals surface area contributed by atoms with E-state index in [1.807, 2.05) is 36.4 Å². The van der Waals surface area contributed by atoms with Crippen LogP contribution in [-0.4, -0.2) is 54.0 Å². The molecular formula is C20H20N4O3S. The van der Waals surface area contributed by atoms with Gasteiger partial charge in [0.05, 0.1) is 22.5 Å². The van der Waals surface area contributed by atoms with Crippen LogP contribution in [0.4, 0.5) is 0 Å². The van der Waals surface area contributed by atoms with Gasteiger partial charge < -0.3 is 5.32 Å². The van der Waals surface area contributed by atoms with Gasteiger partial charge in [-0.2, -0.15) is 0 Å². The number of sulfonamides is 1. The Hall–Kier alpha value is -2.84. The van der Waals surface area contributed by atoms with Gasteiger partial charge in [-0.15, -0.1) is 0 Å². The molecule has 8 heteroatoms. The molecule has 1 saturated heterocycles. The number of pyridine rings is 2. The van der Waals surface area contributed by atoms with Crippen LogP contribution in [0, 0.1) is 0 Å². The van der Waals surface area contributed by atoms with Gasteiger partial charge in [-0.25, -0.2) is 17.7 Å². The Balaban J connectivity index is 1.59. The molecule has 1 aromatic carbocycles. The molecule has 1 fully saturated rings. The van der Waals surface area contributed by atoms with E-state index in [0.717, 1.165) is 16.5 Å². The molecule has 2 aromatic heterocycles. The van der Waals surface area contributed by atoms with Gasteiger partial charge >= 0.3 is 0 Å². The normalized spacial score (nSPS) is 16.3. The first-order valence-corrected chi connectivity index (χ1v) is 10.7. The second-order valence-corrected chi connectivity index (χ2v) is 8.72. The van der Waals surface area contributed by atoms with Crippen molar-refractivity contribution in [1.29, 1.82) is 0 Å². The zero-order chi connectivity index (χ0) is 19.6. The Morgan fingerprint density at radius 3 is 2.68 bits per heavy atom. The number of aromatic nitrogens is 2. The van der Waals surface area contributed by atoms with E-state index in [-0.39, 0.29) is 24.7 Å². The summed E-state index contributed by atoms with van der Waals surface area (Å²) in [5.41, 5.74) is 2.80. The third kappa shape index (κ3) is 3.74. The molecule has 144 valence electrons. The molecule has 1 N–H and O–H groups in total. The van der Waals surface area contributed by atoms with Gasteiger partial charge in [0.1, 0.15) is 0 Å². The molecule has 1 aliphatic rings. The van der Waals surface area contributed by atoms with Crippen molar-refractivity contribution in [3.8, 4) is 11.3 Å². The molecule has 7 nitrogen and oxygen atoms in total. The standard InChI is InChI=1S/C20H20N4O3S/c25-20(22-10-12-24-11-3-13-28(24,26)27)17-14-19(15-6-8-21-9-7-15)23-18-5-2-1-4-16(17)18/h1-2,4-9,14H,3,10-13H2,(H,22,25). The summed E-state index contributed by atoms with van der Waals surface area (Å²) < 4.78 is 25.2. The number of nitrogens with one attached hydrogen (secondary N) is 1. The summed E-state index contributed by atoms with van der Waals surface area (Å²) in [6.45, 7) is 1.07. The number of amides is 1. The molecule has 0 aliphatic carbocycles. The van der Waals surface area contributed by atoms with Crippen molar-refractivity contribution in [2.75, 3.05) is 25.4 Å². The van der Waals surface area contributed by atoms with Gasteiger partial charge in [0, 0.05) is 43.0 Å². The number of carbonyl (C=O) groups is 1. The highest BCUT2D eigenvalue weighted by Crippen LogP contribution is 2.24. The van der Waals surface area contributed by atoms with Crippen LogP contribution in [0.15, 0.2) is 54.9 Å². The maximum Gasteiger partial charge on any atom is 0.252 e. The van der Waals surface area contributed by atoms with Crippen molar-refractivity contribution < 1.29 is 13.2 Å². The average molecular weight is 396 g/mol. The van der Waals surface area contributed by atoms with Gasteiger partial charge in [0.25, 0.3) is 5.91 Å². The van der Waals surface area contributed by atoms with E-state index in [4.69, 9.17) is 0 Å². The van der Waals surface area contributed by atoms with Crippen LogP contribution < -0.4 is 5.32 Å². The van der Waals surface area contributed by atoms with E-state index in [9.17, 15) is 13.2 Å². The van der Waals surface area contributed by atoms with Crippen LogP contribution in [0.1, 0.15) is 16.8 Å². The minimum atomic E-state index is -3.16. The zero-order valence-corrected chi connectivity index (χ0v) is 16.0. The molecule has 1 amide bonds. The third-order valence-corrected chi connectivity index (χ3v) is 6.74. The molecule has 0 spiro atoms. The molecule has 4 rings (SSSR count).